The fraction of sp³-hybridized carbons (Fsp3) is 0.211. The first kappa shape index (κ1) is 19.7. The molecule has 0 aliphatic heterocycles. The highest BCUT2D eigenvalue weighted by Gasteiger charge is 2.27. The Balaban J connectivity index is 2.25. The van der Waals surface area contributed by atoms with Gasteiger partial charge in [0.15, 0.2) is 11.5 Å². The van der Waals surface area contributed by atoms with Crippen molar-refractivity contribution in [2.75, 3.05) is 14.2 Å². The number of carbonyl (C=O) groups is 1. The summed E-state index contributed by atoms with van der Waals surface area (Å²) in [7, 11) is 2.64. The molecule has 1 atom stereocenters. The lowest BCUT2D eigenvalue weighted by atomic mass is 9.89. The van der Waals surface area contributed by atoms with Crippen LogP contribution in [0, 0.1) is 0 Å². The lowest BCUT2D eigenvalue weighted by Gasteiger charge is -2.18. The van der Waals surface area contributed by atoms with Crippen molar-refractivity contribution in [2.45, 2.75) is 12.3 Å². The Labute approximate surface area is 168 Å². The quantitative estimate of drug-likeness (QED) is 0.576. The number of phenols is 1. The fourth-order valence-electron chi connectivity index (χ4n) is 2.98. The van der Waals surface area contributed by atoms with Gasteiger partial charge in [0, 0.05) is 16.6 Å². The van der Waals surface area contributed by atoms with Crippen LogP contribution in [0.5, 0.6) is 17.4 Å². The van der Waals surface area contributed by atoms with E-state index in [1.807, 2.05) is 0 Å². The molecule has 9 heteroatoms. The van der Waals surface area contributed by atoms with Gasteiger partial charge in [0.1, 0.15) is 5.65 Å². The number of phenolic OH excluding ortho intramolecular Hbond substituents is 1. The number of benzene rings is 1. The van der Waals surface area contributed by atoms with Crippen molar-refractivity contribution in [1.29, 1.82) is 0 Å². The Morgan fingerprint density at radius 1 is 1.25 bits per heavy atom. The zero-order valence-corrected chi connectivity index (χ0v) is 16.6. The number of halogens is 1. The van der Waals surface area contributed by atoms with E-state index in [9.17, 15) is 19.8 Å². The summed E-state index contributed by atoms with van der Waals surface area (Å²) < 4.78 is 11.7. The van der Waals surface area contributed by atoms with Crippen molar-refractivity contribution in [2.24, 2.45) is 0 Å². The average molecular weight is 449 g/mol. The van der Waals surface area contributed by atoms with Crippen molar-refractivity contribution >= 4 is 27.5 Å². The normalized spacial score (nSPS) is 12.0. The third kappa shape index (κ3) is 3.65. The molecule has 3 aromatic rings. The maximum absolute atomic E-state index is 13.1. The highest BCUT2D eigenvalue weighted by molar-refractivity contribution is 9.10. The van der Waals surface area contributed by atoms with Crippen LogP contribution in [0.1, 0.15) is 23.5 Å². The van der Waals surface area contributed by atoms with Gasteiger partial charge in [0.2, 0.25) is 5.88 Å². The van der Waals surface area contributed by atoms with Crippen molar-refractivity contribution in [1.82, 2.24) is 9.38 Å². The monoisotopic (exact) mass is 448 g/mol. The van der Waals surface area contributed by atoms with E-state index in [2.05, 4.69) is 20.9 Å². The van der Waals surface area contributed by atoms with Crippen LogP contribution in [-0.2, 0) is 9.53 Å². The maximum Gasteiger partial charge on any atom is 0.306 e. The number of pyridine rings is 1. The molecule has 3 rings (SSSR count). The molecule has 0 radical (unpaired) electrons. The first-order valence-electron chi connectivity index (χ1n) is 8.20. The molecular weight excluding hydrogens is 432 g/mol. The number of hydrogen-bond donors (Lipinski definition) is 2. The molecule has 0 bridgehead atoms. The number of rotatable bonds is 5. The van der Waals surface area contributed by atoms with Gasteiger partial charge in [0.05, 0.1) is 26.2 Å². The predicted octanol–water partition coefficient (Wildman–Crippen LogP) is 2.57. The Hall–Kier alpha value is -3.07. The van der Waals surface area contributed by atoms with Gasteiger partial charge in [-0.25, -0.2) is 0 Å². The summed E-state index contributed by atoms with van der Waals surface area (Å²) >= 11 is 3.30. The molecule has 0 spiro atoms. The van der Waals surface area contributed by atoms with E-state index in [-0.39, 0.29) is 29.1 Å². The summed E-state index contributed by atoms with van der Waals surface area (Å²) in [6.45, 7) is 0. The Kier molecular flexibility index (Phi) is 5.55. The largest absolute Gasteiger partial charge is 0.504 e. The van der Waals surface area contributed by atoms with Crippen LogP contribution in [0.15, 0.2) is 45.8 Å². The van der Waals surface area contributed by atoms with Crippen LogP contribution in [-0.4, -0.2) is 39.8 Å². The molecule has 8 nitrogen and oxygen atoms in total. The van der Waals surface area contributed by atoms with E-state index >= 15 is 0 Å². The van der Waals surface area contributed by atoms with Gasteiger partial charge in [-0.1, -0.05) is 6.07 Å². The molecule has 2 aromatic heterocycles. The summed E-state index contributed by atoms with van der Waals surface area (Å²) in [4.78, 5) is 29.2. The summed E-state index contributed by atoms with van der Waals surface area (Å²) in [5, 5.41) is 20.6. The third-order valence-electron chi connectivity index (χ3n) is 4.35. The maximum atomic E-state index is 13.1. The minimum Gasteiger partial charge on any atom is -0.504 e. The van der Waals surface area contributed by atoms with Crippen LogP contribution in [0.4, 0.5) is 0 Å². The zero-order chi connectivity index (χ0) is 20.4. The molecule has 28 heavy (non-hydrogen) atoms. The molecular formula is C19H17BrN2O6. The second-order valence-corrected chi connectivity index (χ2v) is 6.91. The van der Waals surface area contributed by atoms with E-state index in [0.29, 0.717) is 10.0 Å². The Morgan fingerprint density at radius 2 is 2.00 bits per heavy atom. The lowest BCUT2D eigenvalue weighted by molar-refractivity contribution is -0.140. The lowest BCUT2D eigenvalue weighted by Crippen LogP contribution is -2.24. The molecule has 2 heterocycles. The first-order chi connectivity index (χ1) is 13.3. The second kappa shape index (κ2) is 7.89. The summed E-state index contributed by atoms with van der Waals surface area (Å²) in [5.41, 5.74) is 0.0651. The van der Waals surface area contributed by atoms with Crippen molar-refractivity contribution < 1.29 is 24.5 Å². The summed E-state index contributed by atoms with van der Waals surface area (Å²) in [5.74, 6) is -1.89. The van der Waals surface area contributed by atoms with Gasteiger partial charge >= 0.3 is 5.97 Å². The van der Waals surface area contributed by atoms with Crippen molar-refractivity contribution in [3.8, 4) is 17.4 Å². The van der Waals surface area contributed by atoms with Gasteiger partial charge in [-0.05, 0) is 45.8 Å². The average Bonchev–Trinajstić information content (AvgIpc) is 2.67. The second-order valence-electron chi connectivity index (χ2n) is 5.99. The standard InChI is InChI=1S/C19H17BrN2O6/c1-27-14-5-3-10(7-13(14)23)12(8-16(24)28-2)17-18(25)21-15-6-4-11(20)9-22(15)19(17)26/h3-7,9,12,23,25H,8H2,1-2H3. The number of methoxy groups -OCH3 is 2. The van der Waals surface area contributed by atoms with E-state index in [0.717, 1.165) is 0 Å². The molecule has 0 amide bonds. The minimum absolute atomic E-state index is 0.0782. The summed E-state index contributed by atoms with van der Waals surface area (Å²) in [6.07, 6.45) is 1.29. The van der Waals surface area contributed by atoms with Gasteiger partial charge in [-0.3, -0.25) is 14.0 Å². The molecule has 0 saturated carbocycles. The zero-order valence-electron chi connectivity index (χ0n) is 15.0. The molecule has 1 unspecified atom stereocenters. The fourth-order valence-corrected chi connectivity index (χ4v) is 3.32. The number of hydrogen-bond acceptors (Lipinski definition) is 7. The van der Waals surface area contributed by atoms with Crippen LogP contribution in [0.3, 0.4) is 0 Å². The van der Waals surface area contributed by atoms with Crippen molar-refractivity contribution in [3.05, 3.63) is 62.5 Å². The molecule has 0 saturated heterocycles. The van der Waals surface area contributed by atoms with E-state index in [1.165, 1.54) is 36.9 Å². The van der Waals surface area contributed by atoms with Gasteiger partial charge < -0.3 is 19.7 Å². The summed E-state index contributed by atoms with van der Waals surface area (Å²) in [6, 6.07) is 7.74. The minimum atomic E-state index is -0.889. The molecule has 0 aliphatic carbocycles. The highest BCUT2D eigenvalue weighted by atomic mass is 79.9. The number of aromatic nitrogens is 2. The van der Waals surface area contributed by atoms with Gasteiger partial charge in [-0.15, -0.1) is 0 Å². The van der Waals surface area contributed by atoms with Gasteiger partial charge in [-0.2, -0.15) is 4.98 Å². The van der Waals surface area contributed by atoms with Crippen molar-refractivity contribution in [3.63, 3.8) is 0 Å². The molecule has 1 aromatic carbocycles. The SMILES string of the molecule is COC(=O)CC(c1ccc(OC)c(O)c1)c1c(O)nc2ccc(Br)cn2c1=O. The highest BCUT2D eigenvalue weighted by Crippen LogP contribution is 2.36. The molecule has 0 fully saturated rings. The van der Waals surface area contributed by atoms with Crippen LogP contribution in [0.2, 0.25) is 0 Å². The Morgan fingerprint density at radius 3 is 2.64 bits per heavy atom. The van der Waals surface area contributed by atoms with E-state index < -0.39 is 23.3 Å². The molecule has 2 N–H and O–H groups in total. The number of ether oxygens (including phenoxy) is 2. The molecule has 146 valence electrons. The number of fused-ring (bicyclic) bond motifs is 1. The van der Waals surface area contributed by atoms with Crippen LogP contribution in [0.25, 0.3) is 5.65 Å². The number of nitrogens with zero attached hydrogens (tertiary/aromatic N) is 2. The third-order valence-corrected chi connectivity index (χ3v) is 4.82. The first-order valence-corrected chi connectivity index (χ1v) is 8.99. The topological polar surface area (TPSA) is 110 Å². The van der Waals surface area contributed by atoms with Crippen LogP contribution >= 0.6 is 15.9 Å². The van der Waals surface area contributed by atoms with E-state index in [1.54, 1.807) is 18.2 Å². The van der Waals surface area contributed by atoms with Crippen LogP contribution < -0.4 is 10.3 Å². The van der Waals surface area contributed by atoms with E-state index in [4.69, 9.17) is 9.47 Å². The molecule has 0 aliphatic rings. The Bertz CT molecular complexity index is 1110. The smallest absolute Gasteiger partial charge is 0.306 e. The number of carbonyl (C=O) groups excluding carboxylic acids is 1. The predicted molar refractivity (Wildman–Crippen MR) is 104 cm³/mol. The van der Waals surface area contributed by atoms with Gasteiger partial charge in [0.25, 0.3) is 5.56 Å². The number of esters is 1. The number of aromatic hydroxyl groups is 2.